The zero-order valence-electron chi connectivity index (χ0n) is 34.5. The van der Waals surface area contributed by atoms with Crippen molar-refractivity contribution in [3.63, 3.8) is 0 Å². The predicted octanol–water partition coefficient (Wildman–Crippen LogP) is 0.376. The minimum atomic E-state index is -0.181. The van der Waals surface area contributed by atoms with E-state index < -0.39 is 0 Å². The van der Waals surface area contributed by atoms with Crippen molar-refractivity contribution < 1.29 is 119 Å². The predicted molar refractivity (Wildman–Crippen MR) is 228 cm³/mol. The molecule has 58 heavy (non-hydrogen) atoms. The largest absolute Gasteiger partial charge is 1.00 e. The maximum atomic E-state index is 8.64. The second kappa shape index (κ2) is 33.4. The minimum absolute atomic E-state index is 0. The van der Waals surface area contributed by atoms with Gasteiger partial charge < -0.3 is 27.5 Å². The van der Waals surface area contributed by atoms with Gasteiger partial charge in [-0.2, -0.15) is 15.2 Å². The average molecular weight is 915 g/mol. The maximum Gasteiger partial charge on any atom is 1.00 e. The molecule has 1 aromatic heterocycles. The normalized spacial score (nSPS) is 19.7. The van der Waals surface area contributed by atoms with E-state index in [0.717, 1.165) is 60.4 Å². The topological polar surface area (TPSA) is 175 Å². The van der Waals surface area contributed by atoms with Crippen LogP contribution in [0.15, 0.2) is 53.5 Å². The third kappa shape index (κ3) is 20.3. The Morgan fingerprint density at radius 2 is 1.29 bits per heavy atom. The van der Waals surface area contributed by atoms with Crippen molar-refractivity contribution in [1.29, 1.82) is 5.26 Å². The van der Waals surface area contributed by atoms with Gasteiger partial charge >= 0.3 is 103 Å². The Morgan fingerprint density at radius 1 is 0.862 bits per heavy atom. The number of halogens is 3. The number of hydrogen-bond acceptors (Lipinski definition) is 12. The molecular formula is C40H61Cl3K2N10O3. The number of likely N-dealkylation sites (tertiary alicyclic amines) is 2. The van der Waals surface area contributed by atoms with E-state index in [1.807, 2.05) is 24.3 Å². The monoisotopic (exact) mass is 912 g/mol. The SMILES string of the molecule is C.C=NC#N.Cl.Clc1ccc(CC2CCCCN2C2CCNCC2)cc1.Nc1nc(N2CCC(N3CCCCC3Cc3ccc(Cl)cc3)CC2)n[nH]1.O=CO[O-].[H-].[K+].[K+]. The van der Waals surface area contributed by atoms with Gasteiger partial charge in [0.05, 0.1) is 0 Å². The number of rotatable bonds is 8. The third-order valence-electron chi connectivity index (χ3n) is 10.7. The summed E-state index contributed by atoms with van der Waals surface area (Å²) in [4.78, 5) is 26.1. The first-order chi connectivity index (χ1) is 26.3. The molecule has 4 aliphatic heterocycles. The number of nitrogen functional groups attached to an aromatic ring is 1. The summed E-state index contributed by atoms with van der Waals surface area (Å²) in [7, 11) is 0. The molecule has 4 aliphatic rings. The van der Waals surface area contributed by atoms with E-state index in [0.29, 0.717) is 18.0 Å². The summed E-state index contributed by atoms with van der Waals surface area (Å²) in [6.07, 6.45) is 16.8. The van der Waals surface area contributed by atoms with Gasteiger partial charge in [-0.15, -0.1) is 17.5 Å². The van der Waals surface area contributed by atoms with Crippen molar-refractivity contribution in [1.82, 2.24) is 30.3 Å². The van der Waals surface area contributed by atoms with Crippen molar-refractivity contribution in [3.8, 4) is 6.19 Å². The standard InChI is InChI=1S/C19H27ClN6.C17H25ClN2.C2H2N2.CH2O3.CH4.ClH.2K.H/c20-15-6-4-14(5-7-15)13-17-3-1-2-10-26(17)16-8-11-25(12-9-16)19-22-18(21)23-24-19;18-15-6-4-14(5-7-15)13-17-3-1-2-12-20(17)16-8-10-19-11-9-16;1-4-2-3;2-1-4-3;;;;;/h4-7,16-17H,1-3,8-13H2,(H3,21,22,23,24);4-7,16-17,19H,1-3,8-13H2;1H2;1,3H;1H4;1H;;;/q;;;;;;2*+1;-1/p-1. The number of H-pyrrole nitrogens is 1. The molecule has 2 atom stereocenters. The number of anilines is 2. The summed E-state index contributed by atoms with van der Waals surface area (Å²) in [6, 6.07) is 19.6. The fourth-order valence-electron chi connectivity index (χ4n) is 8.17. The van der Waals surface area contributed by atoms with Crippen molar-refractivity contribution in [2.24, 2.45) is 4.99 Å². The number of carbonyl (C=O) groups is 1. The molecule has 2 aromatic carbocycles. The van der Waals surface area contributed by atoms with Crippen LogP contribution < -0.4 is 124 Å². The van der Waals surface area contributed by atoms with Crippen LogP contribution in [0.2, 0.25) is 10.0 Å². The van der Waals surface area contributed by atoms with Gasteiger partial charge in [-0.05, 0) is 126 Å². The number of nitrogens with one attached hydrogen (secondary N) is 2. The summed E-state index contributed by atoms with van der Waals surface area (Å²) in [5.74, 6) is 1.12. The zero-order valence-corrected chi connectivity index (χ0v) is 42.1. The van der Waals surface area contributed by atoms with Gasteiger partial charge in [-0.1, -0.05) is 67.7 Å². The summed E-state index contributed by atoms with van der Waals surface area (Å²) in [5, 5.41) is 27.9. The first-order valence-electron chi connectivity index (χ1n) is 19.1. The summed E-state index contributed by atoms with van der Waals surface area (Å²) < 4.78 is 0. The first kappa shape index (κ1) is 57.8. The molecule has 3 aromatic rings. The van der Waals surface area contributed by atoms with Gasteiger partial charge in [-0.25, -0.2) is 5.10 Å². The van der Waals surface area contributed by atoms with Crippen molar-refractivity contribution in [2.45, 2.75) is 109 Å². The van der Waals surface area contributed by atoms with E-state index in [4.69, 9.17) is 44.2 Å². The molecule has 0 saturated carbocycles. The van der Waals surface area contributed by atoms with Crippen LogP contribution in [-0.4, -0.2) is 102 Å². The molecule has 13 nitrogen and oxygen atoms in total. The van der Waals surface area contributed by atoms with Gasteiger partial charge in [0, 0.05) is 54.0 Å². The molecule has 0 spiro atoms. The average Bonchev–Trinajstić information content (AvgIpc) is 3.67. The van der Waals surface area contributed by atoms with Gasteiger partial charge in [0.15, 0.2) is 0 Å². The second-order valence-corrected chi connectivity index (χ2v) is 15.0. The summed E-state index contributed by atoms with van der Waals surface area (Å²) in [5.41, 5.74) is 8.48. The molecule has 4 N–H and O–H groups in total. The Morgan fingerprint density at radius 3 is 1.67 bits per heavy atom. The number of nitrogens with zero attached hydrogens (tertiary/aromatic N) is 7. The summed E-state index contributed by atoms with van der Waals surface area (Å²) in [6.45, 7) is 9.56. The molecule has 4 saturated heterocycles. The molecule has 0 amide bonds. The Kier molecular flexibility index (Phi) is 33.2. The smallest absolute Gasteiger partial charge is 1.00 e. The quantitative estimate of drug-likeness (QED) is 0.0713. The van der Waals surface area contributed by atoms with Crippen LogP contribution >= 0.6 is 35.6 Å². The van der Waals surface area contributed by atoms with Gasteiger partial charge in [0.25, 0.3) is 6.47 Å². The van der Waals surface area contributed by atoms with E-state index >= 15 is 0 Å². The minimum Gasteiger partial charge on any atom is -1.00 e. The molecule has 7 rings (SSSR count). The Balaban J connectivity index is 0. The van der Waals surface area contributed by atoms with Gasteiger partial charge in [0.2, 0.25) is 18.1 Å². The number of aromatic nitrogens is 3. The molecule has 0 aliphatic carbocycles. The molecule has 5 heterocycles. The second-order valence-electron chi connectivity index (χ2n) is 14.1. The van der Waals surface area contributed by atoms with E-state index in [2.05, 4.69) is 76.1 Å². The van der Waals surface area contributed by atoms with E-state index in [9.17, 15) is 0 Å². The van der Waals surface area contributed by atoms with Gasteiger partial charge in [-0.3, -0.25) is 14.6 Å². The summed E-state index contributed by atoms with van der Waals surface area (Å²) >= 11 is 12.0. The Labute approximate surface area is 448 Å². The number of aliphatic imine (C=N–C) groups is 1. The van der Waals surface area contributed by atoms with Crippen LogP contribution in [-0.2, 0) is 22.5 Å². The Hall–Kier alpha value is -0.207. The zero-order chi connectivity index (χ0) is 38.5. The molecule has 312 valence electrons. The van der Waals surface area contributed by atoms with Crippen LogP contribution in [0.1, 0.15) is 84.2 Å². The van der Waals surface area contributed by atoms with Crippen molar-refractivity contribution in [2.75, 3.05) is 49.9 Å². The molecule has 2 unspecified atom stereocenters. The fourth-order valence-corrected chi connectivity index (χ4v) is 8.42. The molecule has 4 fully saturated rings. The van der Waals surface area contributed by atoms with E-state index in [-0.39, 0.29) is 131 Å². The third-order valence-corrected chi connectivity index (χ3v) is 11.2. The van der Waals surface area contributed by atoms with Gasteiger partial charge in [0.1, 0.15) is 0 Å². The molecule has 0 bridgehead atoms. The maximum absolute atomic E-state index is 8.64. The number of nitrogens with two attached hydrogens (primary N) is 1. The van der Waals surface area contributed by atoms with Crippen LogP contribution in [0.5, 0.6) is 0 Å². The van der Waals surface area contributed by atoms with Crippen molar-refractivity contribution in [3.05, 3.63) is 69.7 Å². The number of benzene rings is 2. The molecule has 0 radical (unpaired) electrons. The van der Waals surface area contributed by atoms with E-state index in [1.54, 1.807) is 0 Å². The molecule has 18 heteroatoms. The number of hydrogen-bond donors (Lipinski definition) is 3. The van der Waals surface area contributed by atoms with E-state index in [1.165, 1.54) is 101 Å². The Bertz CT molecular complexity index is 1570. The number of piperidine rings is 4. The molecular weight excluding hydrogens is 853 g/mol. The van der Waals surface area contributed by atoms with Crippen LogP contribution in [0, 0.1) is 11.5 Å². The fraction of sp³-hybridized carbons (Fsp3) is 0.575. The van der Waals surface area contributed by atoms with Crippen LogP contribution in [0.4, 0.5) is 11.9 Å². The van der Waals surface area contributed by atoms with Crippen molar-refractivity contribution >= 4 is 60.7 Å². The van der Waals surface area contributed by atoms with Crippen LogP contribution in [0.25, 0.3) is 0 Å². The number of aromatic amines is 1. The van der Waals surface area contributed by atoms with Crippen LogP contribution in [0.3, 0.4) is 0 Å². The first-order valence-corrected chi connectivity index (χ1v) is 19.8. The number of carbonyl (C=O) groups excluding carboxylic acids is 1. The number of nitriles is 1.